The van der Waals surface area contributed by atoms with E-state index in [0.717, 1.165) is 11.3 Å². The fourth-order valence-electron chi connectivity index (χ4n) is 3.91. The van der Waals surface area contributed by atoms with Crippen LogP contribution in [0.25, 0.3) is 0 Å². The van der Waals surface area contributed by atoms with Gasteiger partial charge in [0.25, 0.3) is 0 Å². The molecule has 0 N–H and O–H groups in total. The maximum Gasteiger partial charge on any atom is 0.243 e. The lowest BCUT2D eigenvalue weighted by Gasteiger charge is -2.37. The van der Waals surface area contributed by atoms with E-state index >= 15 is 0 Å². The van der Waals surface area contributed by atoms with Crippen molar-refractivity contribution in [3.8, 4) is 0 Å². The van der Waals surface area contributed by atoms with Gasteiger partial charge in [0, 0.05) is 53.5 Å². The summed E-state index contributed by atoms with van der Waals surface area (Å²) in [6.45, 7) is 2.00. The molecule has 1 aliphatic rings. The van der Waals surface area contributed by atoms with E-state index in [1.54, 1.807) is 29.2 Å². The summed E-state index contributed by atoms with van der Waals surface area (Å²) in [5.41, 5.74) is 1.73. The number of sulfonamides is 1. The molecule has 0 saturated carbocycles. The molecule has 0 aromatic heterocycles. The molecule has 1 aliphatic heterocycles. The van der Waals surface area contributed by atoms with Crippen molar-refractivity contribution in [3.05, 3.63) is 93.4 Å². The van der Waals surface area contributed by atoms with Gasteiger partial charge in [0.1, 0.15) is 0 Å². The number of carbonyl (C=O) groups is 1. The lowest BCUT2D eigenvalue weighted by molar-refractivity contribution is -0.131. The van der Waals surface area contributed by atoms with Crippen molar-refractivity contribution in [2.75, 3.05) is 37.6 Å². The van der Waals surface area contributed by atoms with Gasteiger partial charge in [-0.3, -0.25) is 4.79 Å². The van der Waals surface area contributed by atoms with Crippen LogP contribution in [0.5, 0.6) is 0 Å². The highest BCUT2D eigenvalue weighted by Gasteiger charge is 2.30. The molecule has 0 radical (unpaired) electrons. The van der Waals surface area contributed by atoms with E-state index in [-0.39, 0.29) is 23.9 Å². The van der Waals surface area contributed by atoms with Crippen LogP contribution in [-0.4, -0.2) is 56.3 Å². The quantitative estimate of drug-likeness (QED) is 0.405. The van der Waals surface area contributed by atoms with E-state index in [1.165, 1.54) is 28.6 Å². The third-order valence-electron chi connectivity index (χ3n) is 5.84. The average molecular weight is 553 g/mol. The minimum absolute atomic E-state index is 0.0380. The monoisotopic (exact) mass is 551 g/mol. The molecule has 0 bridgehead atoms. The summed E-state index contributed by atoms with van der Waals surface area (Å²) < 4.78 is 28.1. The Morgan fingerprint density at radius 1 is 0.800 bits per heavy atom. The molecule has 4 rings (SSSR count). The Morgan fingerprint density at radius 2 is 1.40 bits per heavy atom. The Kier molecular flexibility index (Phi) is 8.24. The Hall–Kier alpha value is -2.29. The van der Waals surface area contributed by atoms with Gasteiger partial charge in [0.2, 0.25) is 15.9 Å². The fraction of sp³-hybridized carbons (Fsp3) is 0.240. The molecule has 10 heteroatoms. The predicted molar refractivity (Wildman–Crippen MR) is 141 cm³/mol. The number of rotatable bonds is 7. The van der Waals surface area contributed by atoms with Crippen molar-refractivity contribution in [2.45, 2.75) is 11.4 Å². The Balaban J connectivity index is 1.50. The first-order valence-electron chi connectivity index (χ1n) is 11.0. The molecule has 0 atom stereocenters. The number of nitrogens with zero attached hydrogens (tertiary/aromatic N) is 3. The minimum Gasteiger partial charge on any atom is -0.368 e. The standard InChI is InChI=1S/C25H24Cl3N3O3S/c26-20-6-4-19(5-7-20)17-31(35(33,34)24-10-8-21(27)9-11-24)18-25(32)30-14-12-29(13-15-30)23-3-1-2-22(28)16-23/h1-11,16H,12-15,17-18H2. The minimum atomic E-state index is -3.95. The fourth-order valence-corrected chi connectivity index (χ4v) is 5.73. The lowest BCUT2D eigenvalue weighted by Crippen LogP contribution is -2.51. The van der Waals surface area contributed by atoms with Gasteiger partial charge in [-0.2, -0.15) is 4.31 Å². The molecule has 1 heterocycles. The highest BCUT2D eigenvalue weighted by Crippen LogP contribution is 2.23. The number of anilines is 1. The Morgan fingerprint density at radius 3 is 2.00 bits per heavy atom. The third kappa shape index (κ3) is 6.48. The summed E-state index contributed by atoms with van der Waals surface area (Å²) in [7, 11) is -3.95. The zero-order chi connectivity index (χ0) is 25.0. The highest BCUT2D eigenvalue weighted by molar-refractivity contribution is 7.89. The number of hydrogen-bond donors (Lipinski definition) is 0. The van der Waals surface area contributed by atoms with Gasteiger partial charge in [-0.15, -0.1) is 0 Å². The van der Waals surface area contributed by atoms with Crippen LogP contribution in [0.2, 0.25) is 15.1 Å². The van der Waals surface area contributed by atoms with Crippen LogP contribution >= 0.6 is 34.8 Å². The smallest absolute Gasteiger partial charge is 0.243 e. The molecular formula is C25H24Cl3N3O3S. The number of amides is 1. The molecule has 0 spiro atoms. The Bertz CT molecular complexity index is 1280. The van der Waals surface area contributed by atoms with Gasteiger partial charge in [0.15, 0.2) is 0 Å². The molecule has 0 aliphatic carbocycles. The molecular weight excluding hydrogens is 529 g/mol. The van der Waals surface area contributed by atoms with E-state index in [4.69, 9.17) is 34.8 Å². The normalized spacial score (nSPS) is 14.4. The van der Waals surface area contributed by atoms with Gasteiger partial charge >= 0.3 is 0 Å². The van der Waals surface area contributed by atoms with Gasteiger partial charge < -0.3 is 9.80 Å². The van der Waals surface area contributed by atoms with E-state index < -0.39 is 10.0 Å². The molecule has 184 valence electrons. The van der Waals surface area contributed by atoms with E-state index in [1.807, 2.05) is 24.3 Å². The van der Waals surface area contributed by atoms with E-state index in [2.05, 4.69) is 4.90 Å². The number of benzene rings is 3. The van der Waals surface area contributed by atoms with Crippen LogP contribution in [0, 0.1) is 0 Å². The molecule has 3 aromatic rings. The van der Waals surface area contributed by atoms with Crippen LogP contribution in [0.4, 0.5) is 5.69 Å². The number of hydrogen-bond acceptors (Lipinski definition) is 4. The van der Waals surface area contributed by atoms with Crippen molar-refractivity contribution in [1.82, 2.24) is 9.21 Å². The second-order valence-electron chi connectivity index (χ2n) is 8.20. The first-order valence-corrected chi connectivity index (χ1v) is 13.6. The molecule has 6 nitrogen and oxygen atoms in total. The lowest BCUT2D eigenvalue weighted by atomic mass is 10.2. The summed E-state index contributed by atoms with van der Waals surface area (Å²) in [6.07, 6.45) is 0. The maximum atomic E-state index is 13.5. The third-order valence-corrected chi connectivity index (χ3v) is 8.39. The highest BCUT2D eigenvalue weighted by atomic mass is 35.5. The van der Waals surface area contributed by atoms with Gasteiger partial charge in [-0.05, 0) is 60.2 Å². The largest absolute Gasteiger partial charge is 0.368 e. The molecule has 0 unspecified atom stereocenters. The van der Waals surface area contributed by atoms with Crippen molar-refractivity contribution in [1.29, 1.82) is 0 Å². The SMILES string of the molecule is O=C(CN(Cc1ccc(Cl)cc1)S(=O)(=O)c1ccc(Cl)cc1)N1CCN(c2cccc(Cl)c2)CC1. The second kappa shape index (κ2) is 11.2. The molecule has 1 amide bonds. The number of piperazine rings is 1. The van der Waals surface area contributed by atoms with Crippen LogP contribution in [-0.2, 0) is 21.4 Å². The van der Waals surface area contributed by atoms with Crippen LogP contribution in [0.3, 0.4) is 0 Å². The van der Waals surface area contributed by atoms with Gasteiger partial charge in [-0.25, -0.2) is 8.42 Å². The number of carbonyl (C=O) groups excluding carboxylic acids is 1. The Labute approximate surface area is 220 Å². The van der Waals surface area contributed by atoms with Crippen molar-refractivity contribution in [2.24, 2.45) is 0 Å². The summed E-state index contributed by atoms with van der Waals surface area (Å²) in [6, 6.07) is 20.4. The first-order chi connectivity index (χ1) is 16.7. The van der Waals surface area contributed by atoms with Gasteiger partial charge in [-0.1, -0.05) is 53.0 Å². The van der Waals surface area contributed by atoms with Crippen LogP contribution < -0.4 is 4.90 Å². The number of halogens is 3. The van der Waals surface area contributed by atoms with Crippen molar-refractivity contribution >= 4 is 56.4 Å². The molecule has 1 saturated heterocycles. The summed E-state index contributed by atoms with van der Waals surface area (Å²) in [5.74, 6) is -0.248. The zero-order valence-electron chi connectivity index (χ0n) is 18.8. The molecule has 1 fully saturated rings. The van der Waals surface area contributed by atoms with E-state index in [9.17, 15) is 13.2 Å². The first kappa shape index (κ1) is 25.8. The topological polar surface area (TPSA) is 60.9 Å². The molecule has 35 heavy (non-hydrogen) atoms. The van der Waals surface area contributed by atoms with Crippen molar-refractivity contribution in [3.63, 3.8) is 0 Å². The van der Waals surface area contributed by atoms with Gasteiger partial charge in [0.05, 0.1) is 11.4 Å². The summed E-state index contributed by atoms with van der Waals surface area (Å²) in [5, 5.41) is 1.64. The predicted octanol–water partition coefficient (Wildman–Crippen LogP) is 5.19. The van der Waals surface area contributed by atoms with E-state index in [0.29, 0.717) is 41.2 Å². The summed E-state index contributed by atoms with van der Waals surface area (Å²) >= 11 is 18.0. The zero-order valence-corrected chi connectivity index (χ0v) is 21.9. The van der Waals surface area contributed by atoms with Crippen LogP contribution in [0.1, 0.15) is 5.56 Å². The summed E-state index contributed by atoms with van der Waals surface area (Å²) in [4.78, 5) is 17.2. The average Bonchev–Trinajstić information content (AvgIpc) is 2.85. The molecule has 3 aromatic carbocycles. The van der Waals surface area contributed by atoms with Crippen LogP contribution in [0.15, 0.2) is 77.7 Å². The van der Waals surface area contributed by atoms with Crippen molar-refractivity contribution < 1.29 is 13.2 Å². The maximum absolute atomic E-state index is 13.5. The second-order valence-corrected chi connectivity index (χ2v) is 11.4.